The topological polar surface area (TPSA) is 88.5 Å². The Morgan fingerprint density at radius 3 is 2.57 bits per heavy atom. The molecule has 1 atom stereocenters. The van der Waals surface area contributed by atoms with E-state index in [9.17, 15) is 14.4 Å². The summed E-state index contributed by atoms with van der Waals surface area (Å²) >= 11 is 15.9. The van der Waals surface area contributed by atoms with Crippen molar-refractivity contribution in [1.29, 1.82) is 0 Å². The highest BCUT2D eigenvalue weighted by Gasteiger charge is 2.31. The van der Waals surface area contributed by atoms with E-state index >= 15 is 0 Å². The largest absolute Gasteiger partial charge is 0.292 e. The van der Waals surface area contributed by atoms with E-state index in [0.29, 0.717) is 31.1 Å². The van der Waals surface area contributed by atoms with Gasteiger partial charge in [-0.25, -0.2) is 5.43 Å². The molecule has 0 aliphatic carbocycles. The van der Waals surface area contributed by atoms with Crippen LogP contribution < -0.4 is 5.43 Å². The molecule has 0 fully saturated rings. The predicted molar refractivity (Wildman–Crippen MR) is 144 cm³/mol. The molecule has 1 N–H and O–H groups in total. The van der Waals surface area contributed by atoms with Gasteiger partial charge >= 0.3 is 0 Å². The number of pyridine rings is 1. The minimum atomic E-state index is -0.449. The number of allylic oxidation sites excluding steroid dienone is 1. The normalized spacial score (nSPS) is 15.7. The molecule has 0 radical (unpaired) electrons. The van der Waals surface area contributed by atoms with Crippen LogP contribution in [-0.4, -0.2) is 33.9 Å². The number of hydrogen-bond donors (Lipinski definition) is 1. The number of halogens is 2. The second kappa shape index (κ2) is 11.5. The number of hydrogen-bond acceptors (Lipinski definition) is 8. The van der Waals surface area contributed by atoms with Crippen LogP contribution in [0.1, 0.15) is 37.1 Å². The minimum Gasteiger partial charge on any atom is -0.292 e. The summed E-state index contributed by atoms with van der Waals surface area (Å²) in [5.41, 5.74) is 4.03. The molecule has 35 heavy (non-hydrogen) atoms. The van der Waals surface area contributed by atoms with Crippen LogP contribution in [0.4, 0.5) is 0 Å². The first-order valence-corrected chi connectivity index (χ1v) is 13.7. The average Bonchev–Trinajstić information content (AvgIpc) is 3.51. The maximum Gasteiger partial charge on any atom is 0.281 e. The Hall–Kier alpha value is -2.43. The lowest BCUT2D eigenvalue weighted by atomic mass is 10.0. The van der Waals surface area contributed by atoms with E-state index in [4.69, 9.17) is 23.2 Å². The van der Waals surface area contributed by atoms with E-state index < -0.39 is 11.2 Å². The fourth-order valence-corrected chi connectivity index (χ4v) is 6.19. The van der Waals surface area contributed by atoms with Gasteiger partial charge in [-0.05, 0) is 54.3 Å². The molecular formula is C24H17Cl2N3O3S3. The van der Waals surface area contributed by atoms with Gasteiger partial charge in [0.25, 0.3) is 5.91 Å². The van der Waals surface area contributed by atoms with Gasteiger partial charge in [0, 0.05) is 22.9 Å². The zero-order chi connectivity index (χ0) is 24.9. The Morgan fingerprint density at radius 2 is 1.83 bits per heavy atom. The fraction of sp³-hybridized carbons (Fsp3) is 0.125. The lowest BCUT2D eigenvalue weighted by Gasteiger charge is -2.10. The Bertz CT molecular complexity index is 1360. The molecule has 11 heteroatoms. The molecule has 4 rings (SSSR count). The minimum absolute atomic E-state index is 0.0670. The van der Waals surface area contributed by atoms with Crippen LogP contribution in [0.2, 0.25) is 10.0 Å². The van der Waals surface area contributed by atoms with Gasteiger partial charge in [0.1, 0.15) is 0 Å². The second-order valence-electron chi connectivity index (χ2n) is 7.28. The Balaban J connectivity index is 1.34. The summed E-state index contributed by atoms with van der Waals surface area (Å²) in [4.78, 5) is 43.7. The molecule has 1 amide bonds. The van der Waals surface area contributed by atoms with Crippen molar-refractivity contribution in [3.8, 4) is 0 Å². The number of carbonyl (C=O) groups is 3. The van der Waals surface area contributed by atoms with Crippen molar-refractivity contribution in [2.45, 2.75) is 17.1 Å². The van der Waals surface area contributed by atoms with Gasteiger partial charge in [0.2, 0.25) is 0 Å². The SMILES string of the molecule is C/C(=N\NC(=O)c1ccc(C(=O)CSc2ccncc2)s1)C1=CSC(c2ccc(Cl)c(Cl)c2)C1=O. The van der Waals surface area contributed by atoms with Crippen LogP contribution in [0, 0.1) is 0 Å². The number of aromatic nitrogens is 1. The lowest BCUT2D eigenvalue weighted by molar-refractivity contribution is -0.114. The summed E-state index contributed by atoms with van der Waals surface area (Å²) < 4.78 is 0. The van der Waals surface area contributed by atoms with E-state index in [2.05, 4.69) is 15.5 Å². The molecule has 2 aromatic heterocycles. The molecule has 1 aliphatic heterocycles. The summed E-state index contributed by atoms with van der Waals surface area (Å²) in [5.74, 6) is -0.381. The van der Waals surface area contributed by atoms with E-state index in [-0.39, 0.29) is 17.3 Å². The highest BCUT2D eigenvalue weighted by molar-refractivity contribution is 8.03. The van der Waals surface area contributed by atoms with Gasteiger partial charge in [-0.3, -0.25) is 19.4 Å². The third kappa shape index (κ3) is 6.23. The maximum atomic E-state index is 12.9. The predicted octanol–water partition coefficient (Wildman–Crippen LogP) is 6.47. The summed E-state index contributed by atoms with van der Waals surface area (Å²) in [5, 5.41) is 6.18. The first-order valence-electron chi connectivity index (χ1n) is 10.2. The monoisotopic (exact) mass is 561 g/mol. The average molecular weight is 563 g/mol. The van der Waals surface area contributed by atoms with Crippen molar-refractivity contribution < 1.29 is 14.4 Å². The number of thioether (sulfide) groups is 2. The number of nitrogens with one attached hydrogen (secondary N) is 1. The number of amides is 1. The number of nitrogens with zero attached hydrogens (tertiary/aromatic N) is 2. The summed E-state index contributed by atoms with van der Waals surface area (Å²) in [6, 6.07) is 12.0. The van der Waals surface area contributed by atoms with Gasteiger partial charge in [-0.1, -0.05) is 29.3 Å². The van der Waals surface area contributed by atoms with Crippen molar-refractivity contribution in [1.82, 2.24) is 10.4 Å². The van der Waals surface area contributed by atoms with Gasteiger partial charge in [-0.2, -0.15) is 5.10 Å². The third-order valence-electron chi connectivity index (χ3n) is 4.91. The molecule has 3 heterocycles. The van der Waals surface area contributed by atoms with Crippen molar-refractivity contribution in [2.24, 2.45) is 5.10 Å². The van der Waals surface area contributed by atoms with Gasteiger partial charge in [-0.15, -0.1) is 34.9 Å². The molecular weight excluding hydrogens is 545 g/mol. The molecule has 1 aliphatic rings. The molecule has 1 unspecified atom stereocenters. The number of carbonyl (C=O) groups excluding carboxylic acids is 3. The fourth-order valence-electron chi connectivity index (χ4n) is 3.08. The van der Waals surface area contributed by atoms with E-state index in [0.717, 1.165) is 21.8 Å². The Labute approximate surface area is 224 Å². The van der Waals surface area contributed by atoms with Crippen molar-refractivity contribution in [3.05, 3.63) is 91.2 Å². The third-order valence-corrected chi connectivity index (χ3v) is 8.92. The number of Topliss-reactive ketones (excluding diaryl/α,β-unsaturated/α-hetero) is 2. The van der Waals surface area contributed by atoms with Crippen molar-refractivity contribution in [2.75, 3.05) is 5.75 Å². The molecule has 178 valence electrons. The van der Waals surface area contributed by atoms with Crippen LogP contribution in [0.15, 0.2) is 75.8 Å². The highest BCUT2D eigenvalue weighted by atomic mass is 35.5. The van der Waals surface area contributed by atoms with E-state index in [1.165, 1.54) is 23.5 Å². The number of hydrazone groups is 1. The molecule has 0 saturated carbocycles. The number of benzene rings is 1. The Kier molecular flexibility index (Phi) is 8.46. The number of rotatable bonds is 8. The first kappa shape index (κ1) is 25.7. The molecule has 3 aromatic rings. The number of thiophene rings is 1. The number of ketones is 2. The van der Waals surface area contributed by atoms with Crippen LogP contribution in [0.3, 0.4) is 0 Å². The van der Waals surface area contributed by atoms with Crippen molar-refractivity contribution in [3.63, 3.8) is 0 Å². The molecule has 0 spiro atoms. The smallest absolute Gasteiger partial charge is 0.281 e. The zero-order valence-corrected chi connectivity index (χ0v) is 22.1. The lowest BCUT2D eigenvalue weighted by Crippen LogP contribution is -2.20. The first-order chi connectivity index (χ1) is 16.8. The van der Waals surface area contributed by atoms with Gasteiger partial charge < -0.3 is 0 Å². The second-order valence-corrected chi connectivity index (χ2v) is 11.2. The zero-order valence-electron chi connectivity index (χ0n) is 18.2. The highest BCUT2D eigenvalue weighted by Crippen LogP contribution is 2.41. The van der Waals surface area contributed by atoms with Crippen LogP contribution in [-0.2, 0) is 4.79 Å². The molecule has 1 aromatic carbocycles. The van der Waals surface area contributed by atoms with E-state index in [1.807, 2.05) is 12.1 Å². The molecule has 0 saturated heterocycles. The van der Waals surface area contributed by atoms with E-state index in [1.54, 1.807) is 55.1 Å². The van der Waals surface area contributed by atoms with Crippen LogP contribution in [0.25, 0.3) is 0 Å². The molecule has 0 bridgehead atoms. The van der Waals surface area contributed by atoms with Gasteiger partial charge in [0.15, 0.2) is 11.6 Å². The maximum absolute atomic E-state index is 12.9. The summed E-state index contributed by atoms with van der Waals surface area (Å²) in [7, 11) is 0. The van der Waals surface area contributed by atoms with Crippen LogP contribution >= 0.6 is 58.1 Å². The summed E-state index contributed by atoms with van der Waals surface area (Å²) in [6.07, 6.45) is 3.34. The van der Waals surface area contributed by atoms with Crippen LogP contribution in [0.5, 0.6) is 0 Å². The Morgan fingerprint density at radius 1 is 1.09 bits per heavy atom. The standard InChI is InChI=1S/C24H17Cl2N3O3S3/c1-13(16-11-34-23(22(16)31)14-2-3-17(25)18(26)10-14)28-29-24(32)21-5-4-20(35-21)19(30)12-33-15-6-8-27-9-7-15/h2-11,23H,12H2,1H3,(H,29,32)/b28-13+. The quantitative estimate of drug-likeness (QED) is 0.147. The molecule has 6 nitrogen and oxygen atoms in total. The van der Waals surface area contributed by atoms with Gasteiger partial charge in [0.05, 0.1) is 36.5 Å². The van der Waals surface area contributed by atoms with Crippen molar-refractivity contribution >= 4 is 81.2 Å². The summed E-state index contributed by atoms with van der Waals surface area (Å²) in [6.45, 7) is 1.65.